The number of aliphatic hydroxyl groups excluding tert-OH is 1. The number of nitrogens with zero attached hydrogens (tertiary/aromatic N) is 1. The summed E-state index contributed by atoms with van der Waals surface area (Å²) in [7, 11) is 0. The summed E-state index contributed by atoms with van der Waals surface area (Å²) in [5.74, 6) is -0.948. The van der Waals surface area contributed by atoms with Gasteiger partial charge < -0.3 is 15.3 Å². The lowest BCUT2D eigenvalue weighted by Gasteiger charge is -2.24. The van der Waals surface area contributed by atoms with Crippen LogP contribution in [0, 0.1) is 0 Å². The van der Waals surface area contributed by atoms with Gasteiger partial charge in [-0.05, 0) is 29.3 Å². The minimum Gasteiger partial charge on any atom is -0.391 e. The Bertz CT molecular complexity index is 918. The summed E-state index contributed by atoms with van der Waals surface area (Å²) in [4.78, 5) is 26.5. The summed E-state index contributed by atoms with van der Waals surface area (Å²) in [6, 6.07) is 10.5. The number of benzene rings is 2. The van der Waals surface area contributed by atoms with E-state index in [1.165, 1.54) is 17.0 Å². The van der Waals surface area contributed by atoms with E-state index in [-0.39, 0.29) is 31.5 Å². The van der Waals surface area contributed by atoms with Crippen LogP contribution in [0.1, 0.15) is 23.1 Å². The summed E-state index contributed by atoms with van der Waals surface area (Å²) < 4.78 is 38.7. The average Bonchev–Trinajstić information content (AvgIpc) is 3.09. The van der Waals surface area contributed by atoms with Crippen LogP contribution < -0.4 is 5.32 Å². The molecule has 2 atom stereocenters. The number of β-amino-alcohol motifs (C(OH)–C–C–N with tert-alkyl or cyclic N) is 1. The van der Waals surface area contributed by atoms with Crippen molar-refractivity contribution in [2.45, 2.75) is 37.7 Å². The molecule has 0 unspecified atom stereocenters. The number of likely N-dealkylation sites (tertiary alicyclic amines) is 1. The molecule has 0 saturated carbocycles. The number of amides is 2. The quantitative estimate of drug-likeness (QED) is 0.750. The molecule has 0 aliphatic carbocycles. The van der Waals surface area contributed by atoms with Gasteiger partial charge >= 0.3 is 6.18 Å². The molecule has 0 radical (unpaired) electrons. The van der Waals surface area contributed by atoms with Gasteiger partial charge in [-0.25, -0.2) is 0 Å². The summed E-state index contributed by atoms with van der Waals surface area (Å²) in [6.45, 7) is 0.176. The van der Waals surface area contributed by atoms with Crippen molar-refractivity contribution in [3.8, 4) is 0 Å². The van der Waals surface area contributed by atoms with Gasteiger partial charge in [-0.1, -0.05) is 41.9 Å². The number of rotatable bonds is 5. The van der Waals surface area contributed by atoms with Crippen molar-refractivity contribution in [2.75, 3.05) is 6.54 Å². The third-order valence-electron chi connectivity index (χ3n) is 4.89. The topological polar surface area (TPSA) is 69.6 Å². The number of hydrogen-bond donors (Lipinski definition) is 2. The number of aliphatic hydroxyl groups is 1. The molecule has 2 N–H and O–H groups in total. The first kappa shape index (κ1) is 22.1. The SMILES string of the molecule is O=C(NCc1ccc(Cl)cc1)[C@@H]1C[C@@H](O)CN1C(=O)Cc1cccc(C(F)(F)F)c1. The molecule has 2 amide bonds. The average molecular weight is 441 g/mol. The van der Waals surface area contributed by atoms with Crippen molar-refractivity contribution in [1.82, 2.24) is 10.2 Å². The maximum absolute atomic E-state index is 12.9. The molecule has 1 aliphatic heterocycles. The molecule has 0 bridgehead atoms. The van der Waals surface area contributed by atoms with Crippen LogP contribution in [0.15, 0.2) is 48.5 Å². The first-order valence-electron chi connectivity index (χ1n) is 9.29. The molecule has 3 rings (SSSR count). The summed E-state index contributed by atoms with van der Waals surface area (Å²) >= 11 is 5.83. The van der Waals surface area contributed by atoms with E-state index in [2.05, 4.69) is 5.32 Å². The van der Waals surface area contributed by atoms with Crippen LogP contribution in [0.3, 0.4) is 0 Å². The molecule has 2 aromatic carbocycles. The highest BCUT2D eigenvalue weighted by molar-refractivity contribution is 6.30. The normalized spacial score (nSPS) is 19.0. The van der Waals surface area contributed by atoms with Gasteiger partial charge in [0.1, 0.15) is 6.04 Å². The smallest absolute Gasteiger partial charge is 0.391 e. The Balaban J connectivity index is 1.65. The Morgan fingerprint density at radius 2 is 1.83 bits per heavy atom. The lowest BCUT2D eigenvalue weighted by Crippen LogP contribution is -2.46. The molecule has 160 valence electrons. The molecular weight excluding hydrogens is 421 g/mol. The zero-order valence-electron chi connectivity index (χ0n) is 15.8. The molecule has 1 saturated heterocycles. The predicted molar refractivity (Wildman–Crippen MR) is 105 cm³/mol. The van der Waals surface area contributed by atoms with E-state index in [4.69, 9.17) is 11.6 Å². The van der Waals surface area contributed by atoms with Crippen LogP contribution in [0.2, 0.25) is 5.02 Å². The van der Waals surface area contributed by atoms with Crippen molar-refractivity contribution in [3.05, 3.63) is 70.2 Å². The van der Waals surface area contributed by atoms with Crippen LogP contribution in [0.25, 0.3) is 0 Å². The third kappa shape index (κ3) is 5.52. The molecule has 30 heavy (non-hydrogen) atoms. The zero-order valence-corrected chi connectivity index (χ0v) is 16.6. The fraction of sp³-hybridized carbons (Fsp3) is 0.333. The monoisotopic (exact) mass is 440 g/mol. The molecule has 1 fully saturated rings. The molecular formula is C21H20ClF3N2O3. The third-order valence-corrected chi connectivity index (χ3v) is 5.14. The summed E-state index contributed by atoms with van der Waals surface area (Å²) in [5.41, 5.74) is 0.163. The van der Waals surface area contributed by atoms with Crippen LogP contribution in [0.5, 0.6) is 0 Å². The van der Waals surface area contributed by atoms with Gasteiger partial charge in [-0.3, -0.25) is 9.59 Å². The Morgan fingerprint density at radius 1 is 1.13 bits per heavy atom. The lowest BCUT2D eigenvalue weighted by molar-refractivity contribution is -0.138. The second-order valence-corrected chi connectivity index (χ2v) is 7.61. The molecule has 0 aromatic heterocycles. The van der Waals surface area contributed by atoms with Crippen LogP contribution in [-0.4, -0.2) is 40.5 Å². The van der Waals surface area contributed by atoms with Crippen molar-refractivity contribution in [2.24, 2.45) is 0 Å². The number of carbonyl (C=O) groups is 2. The van der Waals surface area contributed by atoms with Gasteiger partial charge in [0.25, 0.3) is 0 Å². The van der Waals surface area contributed by atoms with Crippen molar-refractivity contribution >= 4 is 23.4 Å². The van der Waals surface area contributed by atoms with E-state index >= 15 is 0 Å². The standard InChI is InChI=1S/C21H20ClF3N2O3/c22-16-6-4-13(5-7-16)11-26-20(30)18-10-17(28)12-27(18)19(29)9-14-2-1-3-15(8-14)21(23,24)25/h1-8,17-18,28H,9-12H2,(H,26,30)/t17-,18+/m1/s1. The number of carbonyl (C=O) groups excluding carboxylic acids is 2. The first-order valence-corrected chi connectivity index (χ1v) is 9.67. The second-order valence-electron chi connectivity index (χ2n) is 7.17. The molecule has 1 aliphatic rings. The van der Waals surface area contributed by atoms with Crippen LogP contribution >= 0.6 is 11.6 Å². The van der Waals surface area contributed by atoms with Crippen molar-refractivity contribution in [1.29, 1.82) is 0 Å². The van der Waals surface area contributed by atoms with Gasteiger partial charge in [-0.15, -0.1) is 0 Å². The van der Waals surface area contributed by atoms with Crippen molar-refractivity contribution < 1.29 is 27.9 Å². The predicted octanol–water partition coefficient (Wildman–Crippen LogP) is 3.18. The molecule has 0 spiro atoms. The molecule has 9 heteroatoms. The summed E-state index contributed by atoms with van der Waals surface area (Å²) in [6.07, 6.45) is -5.60. The summed E-state index contributed by atoms with van der Waals surface area (Å²) in [5, 5.41) is 13.3. The lowest BCUT2D eigenvalue weighted by atomic mass is 10.1. The van der Waals surface area contributed by atoms with E-state index in [0.717, 1.165) is 17.7 Å². The minimum atomic E-state index is -4.51. The highest BCUT2D eigenvalue weighted by Crippen LogP contribution is 2.30. The Morgan fingerprint density at radius 3 is 2.50 bits per heavy atom. The number of nitrogens with one attached hydrogen (secondary N) is 1. The van der Waals surface area contributed by atoms with E-state index in [0.29, 0.717) is 5.02 Å². The van der Waals surface area contributed by atoms with Gasteiger partial charge in [0.05, 0.1) is 18.1 Å². The highest BCUT2D eigenvalue weighted by Gasteiger charge is 2.38. The molecule has 1 heterocycles. The number of alkyl halides is 3. The van der Waals surface area contributed by atoms with Crippen LogP contribution in [0.4, 0.5) is 13.2 Å². The molecule has 5 nitrogen and oxygen atoms in total. The fourth-order valence-corrected chi connectivity index (χ4v) is 3.51. The molecule has 2 aromatic rings. The maximum atomic E-state index is 12.9. The van der Waals surface area contributed by atoms with E-state index in [9.17, 15) is 27.9 Å². The van der Waals surface area contributed by atoms with Crippen molar-refractivity contribution in [3.63, 3.8) is 0 Å². The van der Waals surface area contributed by atoms with Gasteiger partial charge in [-0.2, -0.15) is 13.2 Å². The Kier molecular flexibility index (Phi) is 6.67. The first-order chi connectivity index (χ1) is 14.1. The number of halogens is 4. The van der Waals surface area contributed by atoms with Crippen LogP contribution in [-0.2, 0) is 28.7 Å². The van der Waals surface area contributed by atoms with Gasteiger partial charge in [0.2, 0.25) is 11.8 Å². The minimum absolute atomic E-state index is 0.0448. The van der Waals surface area contributed by atoms with Gasteiger partial charge in [0.15, 0.2) is 0 Å². The highest BCUT2D eigenvalue weighted by atomic mass is 35.5. The van der Waals surface area contributed by atoms with Gasteiger partial charge in [0, 0.05) is 24.5 Å². The van der Waals surface area contributed by atoms with E-state index < -0.39 is 35.7 Å². The van der Waals surface area contributed by atoms with E-state index in [1.807, 2.05) is 0 Å². The zero-order chi connectivity index (χ0) is 21.9. The number of hydrogen-bond acceptors (Lipinski definition) is 3. The van der Waals surface area contributed by atoms with E-state index in [1.54, 1.807) is 24.3 Å². The second kappa shape index (κ2) is 9.06. The Hall–Kier alpha value is -2.58. The maximum Gasteiger partial charge on any atom is 0.416 e. The largest absolute Gasteiger partial charge is 0.416 e. The fourth-order valence-electron chi connectivity index (χ4n) is 3.38. The Labute approximate surface area is 176 Å².